The number of aromatic nitrogens is 1. The van der Waals surface area contributed by atoms with Crippen LogP contribution in [0.15, 0.2) is 65.3 Å². The van der Waals surface area contributed by atoms with Crippen LogP contribution < -0.4 is 5.32 Å². The van der Waals surface area contributed by atoms with E-state index in [2.05, 4.69) is 10.3 Å². The van der Waals surface area contributed by atoms with Crippen LogP contribution in [0.3, 0.4) is 0 Å². The Morgan fingerprint density at radius 1 is 1.03 bits per heavy atom. The molecule has 0 atom stereocenters. The molecule has 0 saturated carbocycles. The Morgan fingerprint density at radius 3 is 2.55 bits per heavy atom. The van der Waals surface area contributed by atoms with Crippen LogP contribution in [-0.4, -0.2) is 40.6 Å². The molecule has 1 aromatic heterocycles. The number of nitrogens with zero attached hydrogens (tertiary/aromatic N) is 2. The average molecular weight is 417 g/mol. The van der Waals surface area contributed by atoms with Crippen molar-refractivity contribution in [1.29, 1.82) is 0 Å². The van der Waals surface area contributed by atoms with E-state index in [0.717, 1.165) is 16.7 Å². The van der Waals surface area contributed by atoms with Gasteiger partial charge in [0.25, 0.3) is 5.91 Å². The maximum absolute atomic E-state index is 12.5. The molecule has 0 aliphatic carbocycles. The largest absolute Gasteiger partial charge is 0.444 e. The van der Waals surface area contributed by atoms with Gasteiger partial charge in [-0.2, -0.15) is 0 Å². The topological polar surface area (TPSA) is 92.5 Å². The van der Waals surface area contributed by atoms with Gasteiger partial charge < -0.3 is 14.6 Å². The molecule has 4 rings (SSSR count). The summed E-state index contributed by atoms with van der Waals surface area (Å²) in [7, 11) is 0. The van der Waals surface area contributed by atoms with Gasteiger partial charge >= 0.3 is 0 Å². The van der Waals surface area contributed by atoms with Gasteiger partial charge in [-0.15, -0.1) is 0 Å². The number of piperidine rings is 1. The fourth-order valence-electron chi connectivity index (χ4n) is 3.49. The molecule has 1 saturated heterocycles. The zero-order chi connectivity index (χ0) is 21.6. The summed E-state index contributed by atoms with van der Waals surface area (Å²) in [5, 5.41) is 2.91. The van der Waals surface area contributed by atoms with Crippen LogP contribution in [-0.2, 0) is 22.6 Å². The predicted molar refractivity (Wildman–Crippen MR) is 114 cm³/mol. The molecule has 7 nitrogen and oxygen atoms in total. The van der Waals surface area contributed by atoms with Gasteiger partial charge in [0.2, 0.25) is 11.8 Å². The van der Waals surface area contributed by atoms with Crippen LogP contribution in [0.1, 0.15) is 34.5 Å². The van der Waals surface area contributed by atoms with Gasteiger partial charge in [-0.25, -0.2) is 4.98 Å². The third-order valence-corrected chi connectivity index (χ3v) is 5.16. The maximum atomic E-state index is 12.5. The van der Waals surface area contributed by atoms with Crippen molar-refractivity contribution in [2.24, 2.45) is 0 Å². The Balaban J connectivity index is 1.33. The number of Topliss-reactive ketones (excluding diaryl/α,β-unsaturated/α-hetero) is 1. The van der Waals surface area contributed by atoms with Crippen molar-refractivity contribution in [2.75, 3.05) is 13.1 Å². The fraction of sp³-hybridized carbons (Fsp3) is 0.250. The van der Waals surface area contributed by atoms with Gasteiger partial charge in [0.15, 0.2) is 11.5 Å². The van der Waals surface area contributed by atoms with E-state index >= 15 is 0 Å². The summed E-state index contributed by atoms with van der Waals surface area (Å²) in [5.74, 6) is 0.0734. The van der Waals surface area contributed by atoms with Crippen LogP contribution in [0.2, 0.25) is 0 Å². The lowest BCUT2D eigenvalue weighted by Crippen LogP contribution is -2.40. The summed E-state index contributed by atoms with van der Waals surface area (Å²) >= 11 is 0. The Hall–Kier alpha value is -3.74. The summed E-state index contributed by atoms with van der Waals surface area (Å²) in [6.07, 6.45) is 2.87. The second kappa shape index (κ2) is 9.38. The highest BCUT2D eigenvalue weighted by Crippen LogP contribution is 2.20. The van der Waals surface area contributed by atoms with Crippen LogP contribution in [0.5, 0.6) is 0 Å². The number of amides is 2. The summed E-state index contributed by atoms with van der Waals surface area (Å²) in [6.45, 7) is 1.10. The fourth-order valence-corrected chi connectivity index (χ4v) is 3.49. The van der Waals surface area contributed by atoms with Gasteiger partial charge in [-0.3, -0.25) is 14.4 Å². The van der Waals surface area contributed by atoms with E-state index in [0.29, 0.717) is 38.2 Å². The van der Waals surface area contributed by atoms with Crippen molar-refractivity contribution < 1.29 is 18.8 Å². The molecule has 1 N–H and O–H groups in total. The van der Waals surface area contributed by atoms with Crippen LogP contribution in [0.25, 0.3) is 11.5 Å². The van der Waals surface area contributed by atoms with Crippen LogP contribution in [0, 0.1) is 0 Å². The molecule has 3 aromatic rings. The standard InChI is InChI=1S/C24H23N3O4/c28-20-7-4-12-27(15-20)24(30)21-16-31-23(26-21)19-10-8-18(9-11-19)14-25-22(29)13-17-5-2-1-3-6-17/h1-3,5-6,8-11,16H,4,7,12-15H2,(H,25,29). The molecule has 2 amide bonds. The molecule has 0 bridgehead atoms. The van der Waals surface area contributed by atoms with E-state index in [1.807, 2.05) is 54.6 Å². The van der Waals surface area contributed by atoms with Crippen molar-refractivity contribution >= 4 is 17.6 Å². The molecule has 1 aliphatic heterocycles. The molecular weight excluding hydrogens is 394 g/mol. The van der Waals surface area contributed by atoms with Crippen molar-refractivity contribution in [3.05, 3.63) is 77.7 Å². The molecule has 7 heteroatoms. The number of carbonyl (C=O) groups is 3. The molecule has 1 aliphatic rings. The molecule has 2 aromatic carbocycles. The van der Waals surface area contributed by atoms with E-state index in [1.165, 1.54) is 11.2 Å². The average Bonchev–Trinajstić information content (AvgIpc) is 3.28. The predicted octanol–water partition coefficient (Wildman–Crippen LogP) is 3.01. The molecule has 0 spiro atoms. The number of oxazole rings is 1. The lowest BCUT2D eigenvalue weighted by Gasteiger charge is -2.24. The van der Waals surface area contributed by atoms with E-state index in [4.69, 9.17) is 4.42 Å². The van der Waals surface area contributed by atoms with Crippen molar-refractivity contribution in [3.8, 4) is 11.5 Å². The van der Waals surface area contributed by atoms with Gasteiger partial charge in [-0.05, 0) is 29.7 Å². The molecule has 0 radical (unpaired) electrons. The first kappa shape index (κ1) is 20.5. The highest BCUT2D eigenvalue weighted by Gasteiger charge is 2.25. The van der Waals surface area contributed by atoms with Crippen molar-refractivity contribution in [1.82, 2.24) is 15.2 Å². The van der Waals surface area contributed by atoms with Crippen LogP contribution >= 0.6 is 0 Å². The molecular formula is C24H23N3O4. The summed E-state index contributed by atoms with van der Waals surface area (Å²) < 4.78 is 5.48. The van der Waals surface area contributed by atoms with Gasteiger partial charge in [-0.1, -0.05) is 42.5 Å². The number of hydrogen-bond donors (Lipinski definition) is 1. The number of nitrogens with one attached hydrogen (secondary N) is 1. The first-order chi connectivity index (χ1) is 15.1. The Kier molecular flexibility index (Phi) is 6.21. The summed E-state index contributed by atoms with van der Waals surface area (Å²) in [4.78, 5) is 42.0. The number of benzene rings is 2. The minimum atomic E-state index is -0.291. The number of carbonyl (C=O) groups excluding carboxylic acids is 3. The Labute approximate surface area is 180 Å². The summed E-state index contributed by atoms with van der Waals surface area (Å²) in [6, 6.07) is 17.0. The number of likely N-dealkylation sites (tertiary alicyclic amines) is 1. The van der Waals surface area contributed by atoms with Gasteiger partial charge in [0.1, 0.15) is 6.26 Å². The summed E-state index contributed by atoms with van der Waals surface area (Å²) in [5.41, 5.74) is 2.84. The first-order valence-electron chi connectivity index (χ1n) is 10.2. The van der Waals surface area contributed by atoms with Gasteiger partial charge in [0, 0.05) is 25.1 Å². The van der Waals surface area contributed by atoms with E-state index < -0.39 is 0 Å². The van der Waals surface area contributed by atoms with E-state index in [9.17, 15) is 14.4 Å². The van der Waals surface area contributed by atoms with Crippen molar-refractivity contribution in [2.45, 2.75) is 25.8 Å². The highest BCUT2D eigenvalue weighted by molar-refractivity contribution is 5.96. The lowest BCUT2D eigenvalue weighted by atomic mass is 10.1. The third kappa shape index (κ3) is 5.25. The van der Waals surface area contributed by atoms with E-state index in [-0.39, 0.29) is 29.8 Å². The second-order valence-corrected chi connectivity index (χ2v) is 7.54. The smallest absolute Gasteiger partial charge is 0.276 e. The monoisotopic (exact) mass is 417 g/mol. The zero-order valence-electron chi connectivity index (χ0n) is 17.0. The zero-order valence-corrected chi connectivity index (χ0v) is 17.0. The number of ketones is 1. The first-order valence-corrected chi connectivity index (χ1v) is 10.2. The van der Waals surface area contributed by atoms with Gasteiger partial charge in [0.05, 0.1) is 13.0 Å². The number of hydrogen-bond acceptors (Lipinski definition) is 5. The number of rotatable bonds is 6. The van der Waals surface area contributed by atoms with Crippen LogP contribution in [0.4, 0.5) is 0 Å². The maximum Gasteiger partial charge on any atom is 0.276 e. The molecule has 2 heterocycles. The minimum absolute atomic E-state index is 0.0395. The quantitative estimate of drug-likeness (QED) is 0.666. The lowest BCUT2D eigenvalue weighted by molar-refractivity contribution is -0.121. The molecule has 158 valence electrons. The minimum Gasteiger partial charge on any atom is -0.444 e. The van der Waals surface area contributed by atoms with E-state index in [1.54, 1.807) is 0 Å². The third-order valence-electron chi connectivity index (χ3n) is 5.16. The van der Waals surface area contributed by atoms with Crippen molar-refractivity contribution in [3.63, 3.8) is 0 Å². The normalized spacial score (nSPS) is 13.8. The molecule has 1 fully saturated rings. The highest BCUT2D eigenvalue weighted by atomic mass is 16.3. The molecule has 31 heavy (non-hydrogen) atoms. The SMILES string of the molecule is O=C1CCCN(C(=O)c2coc(-c3ccc(CNC(=O)Cc4ccccc4)cc3)n2)C1. The second-order valence-electron chi connectivity index (χ2n) is 7.54. The Morgan fingerprint density at radius 2 is 1.81 bits per heavy atom. The molecule has 0 unspecified atom stereocenters. The Bertz CT molecular complexity index is 1070.